The van der Waals surface area contributed by atoms with E-state index in [4.69, 9.17) is 4.74 Å². The van der Waals surface area contributed by atoms with Gasteiger partial charge in [-0.1, -0.05) is 60.7 Å². The summed E-state index contributed by atoms with van der Waals surface area (Å²) < 4.78 is 5.60. The van der Waals surface area contributed by atoms with E-state index in [2.05, 4.69) is 41.7 Å². The molecule has 0 aliphatic rings. The smallest absolute Gasteiger partial charge is 0.123 e. The molecular weight excluding hydrogens is 322 g/mol. The van der Waals surface area contributed by atoms with Gasteiger partial charge in [-0.3, -0.25) is 0 Å². The van der Waals surface area contributed by atoms with E-state index >= 15 is 0 Å². The van der Waals surface area contributed by atoms with Crippen LogP contribution in [0.3, 0.4) is 0 Å². The van der Waals surface area contributed by atoms with E-state index in [1.165, 1.54) is 11.1 Å². The average molecular weight is 347 g/mol. The summed E-state index contributed by atoms with van der Waals surface area (Å²) in [7, 11) is 0. The molecule has 3 nitrogen and oxygen atoms in total. The number of ether oxygens (including phenoxy) is 1. The minimum absolute atomic E-state index is 0.0731. The molecule has 3 heteroatoms. The van der Waals surface area contributed by atoms with E-state index in [0.717, 1.165) is 18.5 Å². The van der Waals surface area contributed by atoms with E-state index in [-0.39, 0.29) is 11.8 Å². The van der Waals surface area contributed by atoms with E-state index in [0.29, 0.717) is 12.4 Å². The van der Waals surface area contributed by atoms with Gasteiger partial charge in [0.05, 0.1) is 6.61 Å². The normalized spacial score (nSPS) is 11.9. The first-order valence-corrected chi connectivity index (χ1v) is 9.02. The van der Waals surface area contributed by atoms with Crippen LogP contribution in [-0.2, 0) is 13.0 Å². The molecule has 0 spiro atoms. The van der Waals surface area contributed by atoms with Crippen LogP contribution in [0.15, 0.2) is 78.9 Å². The summed E-state index contributed by atoms with van der Waals surface area (Å²) in [6, 6.07) is 26.3. The van der Waals surface area contributed by atoms with Crippen molar-refractivity contribution < 1.29 is 9.84 Å². The Morgan fingerprint density at radius 3 is 2.19 bits per heavy atom. The first-order valence-electron chi connectivity index (χ1n) is 9.02. The summed E-state index contributed by atoms with van der Waals surface area (Å²) in [5, 5.41) is 13.7. The lowest BCUT2D eigenvalue weighted by atomic mass is 9.98. The van der Waals surface area contributed by atoms with Crippen molar-refractivity contribution in [1.29, 1.82) is 0 Å². The fraction of sp³-hybridized carbons (Fsp3) is 0.217. The van der Waals surface area contributed by atoms with Gasteiger partial charge in [0.15, 0.2) is 0 Å². The summed E-state index contributed by atoms with van der Waals surface area (Å²) in [4.78, 5) is 0. The Kier molecular flexibility index (Phi) is 6.29. The van der Waals surface area contributed by atoms with E-state index in [1.807, 2.05) is 43.3 Å². The Morgan fingerprint density at radius 2 is 1.54 bits per heavy atom. The third kappa shape index (κ3) is 5.11. The highest BCUT2D eigenvalue weighted by Gasteiger charge is 2.14. The van der Waals surface area contributed by atoms with Crippen molar-refractivity contribution in [2.75, 3.05) is 6.61 Å². The van der Waals surface area contributed by atoms with Gasteiger partial charge in [0.1, 0.15) is 11.5 Å². The SMILES string of the molecule is CCOc1cc(O)cc([C@@H](Cc2ccccc2)NCc2ccccc2)c1. The lowest BCUT2D eigenvalue weighted by Gasteiger charge is -2.21. The second-order valence-corrected chi connectivity index (χ2v) is 6.30. The van der Waals surface area contributed by atoms with E-state index in [9.17, 15) is 5.11 Å². The first-order chi connectivity index (χ1) is 12.7. The molecule has 0 unspecified atom stereocenters. The quantitative estimate of drug-likeness (QED) is 0.611. The highest BCUT2D eigenvalue weighted by molar-refractivity contribution is 5.39. The third-order valence-corrected chi connectivity index (χ3v) is 4.31. The zero-order chi connectivity index (χ0) is 18.2. The number of hydrogen-bond acceptors (Lipinski definition) is 3. The lowest BCUT2D eigenvalue weighted by Crippen LogP contribution is -2.23. The van der Waals surface area contributed by atoms with Crippen LogP contribution in [0.2, 0.25) is 0 Å². The molecule has 0 fully saturated rings. The molecule has 0 saturated carbocycles. The summed E-state index contributed by atoms with van der Waals surface area (Å²) in [6.45, 7) is 3.28. The van der Waals surface area contributed by atoms with Crippen LogP contribution in [0.5, 0.6) is 11.5 Å². The van der Waals surface area contributed by atoms with Crippen molar-refractivity contribution in [2.45, 2.75) is 25.9 Å². The number of rotatable bonds is 8. The Morgan fingerprint density at radius 1 is 0.885 bits per heavy atom. The molecule has 0 heterocycles. The van der Waals surface area contributed by atoms with Crippen molar-refractivity contribution in [1.82, 2.24) is 5.32 Å². The lowest BCUT2D eigenvalue weighted by molar-refractivity contribution is 0.336. The minimum atomic E-state index is 0.0731. The molecule has 0 aliphatic carbocycles. The Balaban J connectivity index is 1.84. The van der Waals surface area contributed by atoms with E-state index < -0.39 is 0 Å². The van der Waals surface area contributed by atoms with Gasteiger partial charge in [-0.25, -0.2) is 0 Å². The van der Waals surface area contributed by atoms with Crippen molar-refractivity contribution in [3.8, 4) is 11.5 Å². The highest BCUT2D eigenvalue weighted by Crippen LogP contribution is 2.28. The molecule has 0 saturated heterocycles. The molecule has 26 heavy (non-hydrogen) atoms. The maximum absolute atomic E-state index is 10.1. The molecule has 0 amide bonds. The predicted octanol–water partition coefficient (Wildman–Crippen LogP) is 4.86. The summed E-state index contributed by atoms with van der Waals surface area (Å²) in [5.41, 5.74) is 3.50. The van der Waals surface area contributed by atoms with Gasteiger partial charge in [-0.15, -0.1) is 0 Å². The second-order valence-electron chi connectivity index (χ2n) is 6.30. The van der Waals surface area contributed by atoms with Gasteiger partial charge in [-0.2, -0.15) is 0 Å². The molecule has 1 atom stereocenters. The van der Waals surface area contributed by atoms with Crippen molar-refractivity contribution in [3.63, 3.8) is 0 Å². The Bertz CT molecular complexity index is 803. The number of benzene rings is 3. The zero-order valence-corrected chi connectivity index (χ0v) is 15.1. The highest BCUT2D eigenvalue weighted by atomic mass is 16.5. The van der Waals surface area contributed by atoms with Gasteiger partial charge in [0.2, 0.25) is 0 Å². The topological polar surface area (TPSA) is 41.5 Å². The number of aromatic hydroxyl groups is 1. The summed E-state index contributed by atoms with van der Waals surface area (Å²) in [5.74, 6) is 0.924. The van der Waals surface area contributed by atoms with Crippen LogP contribution in [0.4, 0.5) is 0 Å². The van der Waals surface area contributed by atoms with Gasteiger partial charge in [0, 0.05) is 18.7 Å². The van der Waals surface area contributed by atoms with E-state index in [1.54, 1.807) is 6.07 Å². The van der Waals surface area contributed by atoms with Crippen LogP contribution in [0.1, 0.15) is 29.7 Å². The molecule has 134 valence electrons. The maximum Gasteiger partial charge on any atom is 0.123 e. The second kappa shape index (κ2) is 9.07. The van der Waals surface area contributed by atoms with Crippen molar-refractivity contribution >= 4 is 0 Å². The first kappa shape index (κ1) is 18.0. The number of nitrogens with one attached hydrogen (secondary N) is 1. The molecule has 0 aliphatic heterocycles. The maximum atomic E-state index is 10.1. The average Bonchev–Trinajstić information content (AvgIpc) is 2.66. The summed E-state index contributed by atoms with van der Waals surface area (Å²) >= 11 is 0. The van der Waals surface area contributed by atoms with Crippen LogP contribution in [0.25, 0.3) is 0 Å². The van der Waals surface area contributed by atoms with Crippen LogP contribution in [0, 0.1) is 0 Å². The molecule has 0 aromatic heterocycles. The van der Waals surface area contributed by atoms with Gasteiger partial charge >= 0.3 is 0 Å². The van der Waals surface area contributed by atoms with Crippen LogP contribution in [-0.4, -0.2) is 11.7 Å². The number of phenolic OH excluding ortho intramolecular Hbond substituents is 1. The molecule has 0 radical (unpaired) electrons. The minimum Gasteiger partial charge on any atom is -0.508 e. The predicted molar refractivity (Wildman–Crippen MR) is 105 cm³/mol. The van der Waals surface area contributed by atoms with Gasteiger partial charge in [0.25, 0.3) is 0 Å². The van der Waals surface area contributed by atoms with Crippen molar-refractivity contribution in [3.05, 3.63) is 95.6 Å². The fourth-order valence-corrected chi connectivity index (χ4v) is 3.05. The Hall–Kier alpha value is -2.78. The van der Waals surface area contributed by atoms with Crippen molar-refractivity contribution in [2.24, 2.45) is 0 Å². The van der Waals surface area contributed by atoms with Gasteiger partial charge < -0.3 is 15.2 Å². The summed E-state index contributed by atoms with van der Waals surface area (Å²) in [6.07, 6.45) is 0.836. The monoisotopic (exact) mass is 347 g/mol. The number of phenols is 1. The molecule has 3 aromatic rings. The molecule has 2 N–H and O–H groups in total. The van der Waals surface area contributed by atoms with Crippen LogP contribution < -0.4 is 10.1 Å². The fourth-order valence-electron chi connectivity index (χ4n) is 3.05. The molecular formula is C23H25NO2. The standard InChI is InChI=1S/C23H25NO2/c1-2-26-22-15-20(14-21(25)16-22)23(13-18-9-5-3-6-10-18)24-17-19-11-7-4-8-12-19/h3-12,14-16,23-25H,2,13,17H2,1H3/t23-/m1/s1. The van der Waals surface area contributed by atoms with Crippen LogP contribution >= 0.6 is 0 Å². The molecule has 3 aromatic carbocycles. The molecule has 3 rings (SSSR count). The molecule has 0 bridgehead atoms. The largest absolute Gasteiger partial charge is 0.508 e. The Labute approximate surface area is 155 Å². The zero-order valence-electron chi connectivity index (χ0n) is 15.1. The number of hydrogen-bond donors (Lipinski definition) is 2. The van der Waals surface area contributed by atoms with Gasteiger partial charge in [-0.05, 0) is 42.2 Å². The third-order valence-electron chi connectivity index (χ3n) is 4.31.